The van der Waals surface area contributed by atoms with Crippen LogP contribution >= 0.6 is 0 Å². The Balaban J connectivity index is 1.78. The fraction of sp³-hybridized carbons (Fsp3) is 0.647. The lowest BCUT2D eigenvalue weighted by Gasteiger charge is -2.33. The molecular weight excluding hydrogens is 248 g/mol. The third-order valence-corrected chi connectivity index (χ3v) is 4.90. The van der Waals surface area contributed by atoms with Crippen molar-refractivity contribution in [3.8, 4) is 5.75 Å². The van der Waals surface area contributed by atoms with Crippen LogP contribution in [0.1, 0.15) is 37.8 Å². The van der Waals surface area contributed by atoms with Gasteiger partial charge in [-0.25, -0.2) is 0 Å². The van der Waals surface area contributed by atoms with E-state index in [2.05, 4.69) is 41.4 Å². The van der Waals surface area contributed by atoms with Gasteiger partial charge < -0.3 is 10.1 Å². The van der Waals surface area contributed by atoms with Crippen LogP contribution in [-0.2, 0) is 0 Å². The number of ether oxygens (including phenoxy) is 1. The summed E-state index contributed by atoms with van der Waals surface area (Å²) in [7, 11) is 1.78. The Morgan fingerprint density at radius 1 is 1.40 bits per heavy atom. The number of rotatable bonds is 4. The van der Waals surface area contributed by atoms with E-state index in [4.69, 9.17) is 4.74 Å². The molecule has 0 aromatic heterocycles. The van der Waals surface area contributed by atoms with Gasteiger partial charge in [-0.15, -0.1) is 0 Å². The first kappa shape index (κ1) is 13.9. The quantitative estimate of drug-likeness (QED) is 0.913. The van der Waals surface area contributed by atoms with Gasteiger partial charge in [0, 0.05) is 24.7 Å². The number of nitrogens with one attached hydrogen (secondary N) is 1. The molecule has 2 unspecified atom stereocenters. The number of nitrogens with zero attached hydrogens (tertiary/aromatic N) is 1. The molecule has 0 saturated carbocycles. The summed E-state index contributed by atoms with van der Waals surface area (Å²) in [4.78, 5) is 2.67. The molecule has 1 aromatic carbocycles. The van der Waals surface area contributed by atoms with Crippen molar-refractivity contribution in [2.75, 3.05) is 33.3 Å². The van der Waals surface area contributed by atoms with Crippen LogP contribution in [0.25, 0.3) is 0 Å². The normalized spacial score (nSPS) is 30.8. The molecule has 0 spiro atoms. The first-order valence-corrected chi connectivity index (χ1v) is 7.80. The number of methoxy groups -OCH3 is 1. The summed E-state index contributed by atoms with van der Waals surface area (Å²) in [6.45, 7) is 7.16. The fourth-order valence-corrected chi connectivity index (χ4v) is 3.80. The molecule has 2 saturated heterocycles. The lowest BCUT2D eigenvalue weighted by atomic mass is 9.88. The van der Waals surface area contributed by atoms with E-state index in [0.717, 1.165) is 12.3 Å². The van der Waals surface area contributed by atoms with Crippen LogP contribution in [0.4, 0.5) is 0 Å². The Morgan fingerprint density at radius 2 is 2.25 bits per heavy atom. The van der Waals surface area contributed by atoms with Gasteiger partial charge in [0.05, 0.1) is 7.11 Å². The molecule has 2 fully saturated rings. The van der Waals surface area contributed by atoms with Gasteiger partial charge >= 0.3 is 0 Å². The zero-order chi connectivity index (χ0) is 14.0. The first-order chi connectivity index (χ1) is 9.72. The van der Waals surface area contributed by atoms with Crippen LogP contribution in [0, 0.1) is 5.41 Å². The van der Waals surface area contributed by atoms with Crippen LogP contribution in [-0.4, -0.2) is 38.2 Å². The molecule has 2 atom stereocenters. The molecule has 0 aliphatic carbocycles. The lowest BCUT2D eigenvalue weighted by molar-refractivity contribution is 0.163. The van der Waals surface area contributed by atoms with Crippen molar-refractivity contribution >= 4 is 0 Å². The van der Waals surface area contributed by atoms with Gasteiger partial charge in [-0.2, -0.15) is 0 Å². The van der Waals surface area contributed by atoms with E-state index in [-0.39, 0.29) is 0 Å². The molecule has 2 heterocycles. The number of hydrogen-bond acceptors (Lipinski definition) is 3. The predicted octanol–water partition coefficient (Wildman–Crippen LogP) is 2.83. The average molecular weight is 274 g/mol. The maximum atomic E-state index is 5.56. The average Bonchev–Trinajstić information content (AvgIpc) is 3.08. The van der Waals surface area contributed by atoms with Crippen LogP contribution < -0.4 is 10.1 Å². The molecule has 2 aliphatic heterocycles. The molecule has 3 nitrogen and oxygen atoms in total. The molecule has 0 radical (unpaired) electrons. The van der Waals surface area contributed by atoms with E-state index in [1.54, 1.807) is 7.11 Å². The van der Waals surface area contributed by atoms with Gasteiger partial charge in [-0.3, -0.25) is 4.90 Å². The number of para-hydroxylation sites is 1. The SMILES string of the molecule is COc1ccccc1C1CCCN1CC1(C)CCNC1. The second kappa shape index (κ2) is 5.74. The highest BCUT2D eigenvalue weighted by Gasteiger charge is 2.36. The second-order valence-electron chi connectivity index (χ2n) is 6.61. The minimum atomic E-state index is 0.435. The topological polar surface area (TPSA) is 24.5 Å². The zero-order valence-electron chi connectivity index (χ0n) is 12.7. The maximum Gasteiger partial charge on any atom is 0.123 e. The molecule has 3 heteroatoms. The van der Waals surface area contributed by atoms with Gasteiger partial charge in [0.15, 0.2) is 0 Å². The summed E-state index contributed by atoms with van der Waals surface area (Å²) in [5.41, 5.74) is 1.80. The van der Waals surface area contributed by atoms with Crippen molar-refractivity contribution in [2.45, 2.75) is 32.2 Å². The number of hydrogen-bond donors (Lipinski definition) is 1. The van der Waals surface area contributed by atoms with Crippen molar-refractivity contribution in [3.63, 3.8) is 0 Å². The molecule has 1 aromatic rings. The largest absolute Gasteiger partial charge is 0.496 e. The van der Waals surface area contributed by atoms with Crippen molar-refractivity contribution in [1.82, 2.24) is 10.2 Å². The Kier molecular flexibility index (Phi) is 3.99. The fourth-order valence-electron chi connectivity index (χ4n) is 3.80. The Hall–Kier alpha value is -1.06. The number of likely N-dealkylation sites (tertiary alicyclic amines) is 1. The van der Waals surface area contributed by atoms with Crippen molar-refractivity contribution in [1.29, 1.82) is 0 Å². The van der Waals surface area contributed by atoms with Gasteiger partial charge in [-0.1, -0.05) is 25.1 Å². The van der Waals surface area contributed by atoms with Crippen molar-refractivity contribution in [2.24, 2.45) is 5.41 Å². The Bertz CT molecular complexity index is 454. The molecule has 1 N–H and O–H groups in total. The third kappa shape index (κ3) is 2.70. The van der Waals surface area contributed by atoms with Crippen LogP contribution in [0.3, 0.4) is 0 Å². The molecule has 0 amide bonds. The van der Waals surface area contributed by atoms with Crippen LogP contribution in [0.2, 0.25) is 0 Å². The molecule has 2 aliphatic rings. The summed E-state index contributed by atoms with van der Waals surface area (Å²) in [6, 6.07) is 9.04. The molecule has 20 heavy (non-hydrogen) atoms. The van der Waals surface area contributed by atoms with E-state index in [1.165, 1.54) is 44.5 Å². The number of benzene rings is 1. The van der Waals surface area contributed by atoms with Crippen LogP contribution in [0.15, 0.2) is 24.3 Å². The molecule has 3 rings (SSSR count). The Morgan fingerprint density at radius 3 is 3.00 bits per heavy atom. The highest BCUT2D eigenvalue weighted by Crippen LogP contribution is 2.39. The maximum absolute atomic E-state index is 5.56. The summed E-state index contributed by atoms with van der Waals surface area (Å²) < 4.78 is 5.56. The summed E-state index contributed by atoms with van der Waals surface area (Å²) >= 11 is 0. The second-order valence-corrected chi connectivity index (χ2v) is 6.61. The molecule has 0 bridgehead atoms. The summed E-state index contributed by atoms with van der Waals surface area (Å²) in [5.74, 6) is 1.04. The third-order valence-electron chi connectivity index (χ3n) is 4.90. The van der Waals surface area contributed by atoms with Crippen molar-refractivity contribution in [3.05, 3.63) is 29.8 Å². The van der Waals surface area contributed by atoms with E-state index < -0.39 is 0 Å². The minimum Gasteiger partial charge on any atom is -0.496 e. The summed E-state index contributed by atoms with van der Waals surface area (Å²) in [6.07, 6.45) is 3.85. The summed E-state index contributed by atoms with van der Waals surface area (Å²) in [5, 5.41) is 3.51. The zero-order valence-corrected chi connectivity index (χ0v) is 12.7. The predicted molar refractivity (Wildman–Crippen MR) is 82.1 cm³/mol. The van der Waals surface area contributed by atoms with Crippen LogP contribution in [0.5, 0.6) is 5.75 Å². The standard InChI is InChI=1S/C17H26N2O/c1-17(9-10-18-12-17)13-19-11-5-7-15(19)14-6-3-4-8-16(14)20-2/h3-4,6,8,15,18H,5,7,9-13H2,1-2H3. The van der Waals surface area contributed by atoms with E-state index >= 15 is 0 Å². The van der Waals surface area contributed by atoms with Gasteiger partial charge in [0.1, 0.15) is 5.75 Å². The van der Waals surface area contributed by atoms with E-state index in [1.807, 2.05) is 0 Å². The lowest BCUT2D eigenvalue weighted by Crippen LogP contribution is -2.37. The Labute approximate surface area is 122 Å². The highest BCUT2D eigenvalue weighted by atomic mass is 16.5. The van der Waals surface area contributed by atoms with E-state index in [9.17, 15) is 0 Å². The van der Waals surface area contributed by atoms with Gasteiger partial charge in [0.2, 0.25) is 0 Å². The molecule has 110 valence electrons. The van der Waals surface area contributed by atoms with Gasteiger partial charge in [-0.05, 0) is 43.8 Å². The van der Waals surface area contributed by atoms with Crippen molar-refractivity contribution < 1.29 is 4.74 Å². The minimum absolute atomic E-state index is 0.435. The molecular formula is C17H26N2O. The highest BCUT2D eigenvalue weighted by molar-refractivity contribution is 5.36. The monoisotopic (exact) mass is 274 g/mol. The first-order valence-electron chi connectivity index (χ1n) is 7.80. The van der Waals surface area contributed by atoms with Gasteiger partial charge in [0.25, 0.3) is 0 Å². The smallest absolute Gasteiger partial charge is 0.123 e. The van der Waals surface area contributed by atoms with E-state index in [0.29, 0.717) is 11.5 Å².